The van der Waals surface area contributed by atoms with E-state index in [4.69, 9.17) is 17.3 Å². The SMILES string of the molecule is NCCc1cn(Cc2ccccc2F)c2cc(Cl)ccc12. The third-order valence-corrected chi connectivity index (χ3v) is 3.87. The Balaban J connectivity index is 2.09. The van der Waals surface area contributed by atoms with Crippen LogP contribution in [-0.4, -0.2) is 11.1 Å². The Morgan fingerprint density at radius 1 is 1.10 bits per heavy atom. The van der Waals surface area contributed by atoms with E-state index in [-0.39, 0.29) is 5.82 Å². The molecule has 0 aliphatic heterocycles. The summed E-state index contributed by atoms with van der Waals surface area (Å²) >= 11 is 6.10. The predicted molar refractivity (Wildman–Crippen MR) is 85.2 cm³/mol. The van der Waals surface area contributed by atoms with Crippen LogP contribution in [0.15, 0.2) is 48.7 Å². The number of hydrogen-bond acceptors (Lipinski definition) is 1. The fraction of sp³-hybridized carbons (Fsp3) is 0.176. The molecule has 2 aromatic carbocycles. The zero-order valence-electron chi connectivity index (χ0n) is 11.5. The van der Waals surface area contributed by atoms with Gasteiger partial charge >= 0.3 is 0 Å². The lowest BCUT2D eigenvalue weighted by molar-refractivity contribution is 0.602. The molecule has 0 spiro atoms. The average molecular weight is 303 g/mol. The summed E-state index contributed by atoms with van der Waals surface area (Å²) in [5.41, 5.74) is 8.51. The Hall–Kier alpha value is -1.84. The lowest BCUT2D eigenvalue weighted by Crippen LogP contribution is -2.02. The van der Waals surface area contributed by atoms with Gasteiger partial charge in [0.25, 0.3) is 0 Å². The lowest BCUT2D eigenvalue weighted by atomic mass is 10.1. The Kier molecular flexibility index (Phi) is 3.95. The van der Waals surface area contributed by atoms with Crippen molar-refractivity contribution in [1.29, 1.82) is 0 Å². The highest BCUT2D eigenvalue weighted by Gasteiger charge is 2.10. The molecule has 0 atom stereocenters. The quantitative estimate of drug-likeness (QED) is 0.776. The maximum Gasteiger partial charge on any atom is 0.128 e. The molecule has 108 valence electrons. The van der Waals surface area contributed by atoms with Crippen molar-refractivity contribution in [3.63, 3.8) is 0 Å². The Labute approximate surface area is 127 Å². The molecule has 0 saturated carbocycles. The highest BCUT2D eigenvalue weighted by atomic mass is 35.5. The lowest BCUT2D eigenvalue weighted by Gasteiger charge is -2.07. The van der Waals surface area contributed by atoms with Crippen molar-refractivity contribution in [2.45, 2.75) is 13.0 Å². The van der Waals surface area contributed by atoms with Crippen molar-refractivity contribution < 1.29 is 4.39 Å². The summed E-state index contributed by atoms with van der Waals surface area (Å²) in [5, 5.41) is 1.80. The highest BCUT2D eigenvalue weighted by molar-refractivity contribution is 6.31. The molecule has 0 unspecified atom stereocenters. The number of nitrogens with two attached hydrogens (primary N) is 1. The summed E-state index contributed by atoms with van der Waals surface area (Å²) in [5.74, 6) is -0.193. The van der Waals surface area contributed by atoms with Gasteiger partial charge in [0.1, 0.15) is 5.82 Å². The van der Waals surface area contributed by atoms with Crippen molar-refractivity contribution in [2.75, 3.05) is 6.54 Å². The molecular weight excluding hydrogens is 287 g/mol. The Morgan fingerprint density at radius 2 is 1.90 bits per heavy atom. The molecule has 0 aliphatic carbocycles. The summed E-state index contributed by atoms with van der Waals surface area (Å²) in [6.07, 6.45) is 2.84. The number of halogens is 2. The summed E-state index contributed by atoms with van der Waals surface area (Å²) < 4.78 is 15.9. The summed E-state index contributed by atoms with van der Waals surface area (Å²) in [6, 6.07) is 12.6. The monoisotopic (exact) mass is 302 g/mol. The van der Waals surface area contributed by atoms with Gasteiger partial charge in [-0.1, -0.05) is 35.9 Å². The van der Waals surface area contributed by atoms with E-state index in [1.54, 1.807) is 12.1 Å². The second-order valence-electron chi connectivity index (χ2n) is 5.07. The first kappa shape index (κ1) is 14.1. The van der Waals surface area contributed by atoms with Crippen molar-refractivity contribution in [3.8, 4) is 0 Å². The van der Waals surface area contributed by atoms with Crippen molar-refractivity contribution in [1.82, 2.24) is 4.57 Å². The maximum atomic E-state index is 13.9. The van der Waals surface area contributed by atoms with Crippen molar-refractivity contribution in [2.24, 2.45) is 5.73 Å². The third-order valence-electron chi connectivity index (χ3n) is 3.64. The molecule has 3 aromatic rings. The van der Waals surface area contributed by atoms with Crippen LogP contribution in [0, 0.1) is 5.82 Å². The molecule has 1 heterocycles. The van der Waals surface area contributed by atoms with Gasteiger partial charge in [-0.3, -0.25) is 0 Å². The van der Waals surface area contributed by atoms with Crippen LogP contribution in [0.3, 0.4) is 0 Å². The van der Waals surface area contributed by atoms with Crippen molar-refractivity contribution in [3.05, 3.63) is 70.6 Å². The normalized spacial score (nSPS) is 11.2. The van der Waals surface area contributed by atoms with Gasteiger partial charge in [0.15, 0.2) is 0 Å². The predicted octanol–water partition coefficient (Wildman–Crippen LogP) is 3.98. The maximum absolute atomic E-state index is 13.9. The smallest absolute Gasteiger partial charge is 0.128 e. The molecular formula is C17H16ClFN2. The van der Waals surface area contributed by atoms with Crippen LogP contribution >= 0.6 is 11.6 Å². The standard InChI is InChI=1S/C17H16ClFN2/c18-14-5-6-15-12(7-8-20)10-21(17(15)9-14)11-13-3-1-2-4-16(13)19/h1-6,9-10H,7-8,11,20H2. The minimum absolute atomic E-state index is 0.193. The van der Waals surface area contributed by atoms with Crippen LogP contribution in [-0.2, 0) is 13.0 Å². The zero-order valence-corrected chi connectivity index (χ0v) is 12.3. The fourth-order valence-corrected chi connectivity index (χ4v) is 2.80. The molecule has 0 bridgehead atoms. The first-order valence-electron chi connectivity index (χ1n) is 6.90. The first-order valence-corrected chi connectivity index (χ1v) is 7.27. The fourth-order valence-electron chi connectivity index (χ4n) is 2.64. The van der Waals surface area contributed by atoms with Crippen LogP contribution < -0.4 is 5.73 Å². The van der Waals surface area contributed by atoms with Gasteiger partial charge in [-0.25, -0.2) is 4.39 Å². The van der Waals surface area contributed by atoms with Gasteiger partial charge in [-0.05, 0) is 36.7 Å². The van der Waals surface area contributed by atoms with E-state index in [9.17, 15) is 4.39 Å². The zero-order chi connectivity index (χ0) is 14.8. The van der Waals surface area contributed by atoms with Gasteiger partial charge in [0.2, 0.25) is 0 Å². The number of benzene rings is 2. The summed E-state index contributed by atoms with van der Waals surface area (Å²) in [6.45, 7) is 1.07. The van der Waals surface area contributed by atoms with Crippen LogP contribution in [0.5, 0.6) is 0 Å². The molecule has 21 heavy (non-hydrogen) atoms. The highest BCUT2D eigenvalue weighted by Crippen LogP contribution is 2.26. The topological polar surface area (TPSA) is 30.9 Å². The molecule has 0 fully saturated rings. The number of aromatic nitrogens is 1. The first-order chi connectivity index (χ1) is 10.2. The molecule has 2 N–H and O–H groups in total. The van der Waals surface area contributed by atoms with E-state index < -0.39 is 0 Å². The molecule has 0 saturated heterocycles. The number of hydrogen-bond donors (Lipinski definition) is 1. The molecule has 1 aromatic heterocycles. The van der Waals surface area contributed by atoms with E-state index in [0.29, 0.717) is 23.7 Å². The summed E-state index contributed by atoms with van der Waals surface area (Å²) in [7, 11) is 0. The minimum Gasteiger partial charge on any atom is -0.343 e. The third kappa shape index (κ3) is 2.80. The van der Waals surface area contributed by atoms with Crippen LogP contribution in [0.2, 0.25) is 5.02 Å². The second-order valence-corrected chi connectivity index (χ2v) is 5.51. The number of nitrogens with zero attached hydrogens (tertiary/aromatic N) is 1. The van der Waals surface area contributed by atoms with E-state index in [2.05, 4.69) is 0 Å². The van der Waals surface area contributed by atoms with Gasteiger partial charge in [0, 0.05) is 22.2 Å². The molecule has 2 nitrogen and oxygen atoms in total. The van der Waals surface area contributed by atoms with E-state index >= 15 is 0 Å². The minimum atomic E-state index is -0.193. The van der Waals surface area contributed by atoms with Crippen LogP contribution in [0.25, 0.3) is 10.9 Å². The second kappa shape index (κ2) is 5.88. The Morgan fingerprint density at radius 3 is 2.67 bits per heavy atom. The van der Waals surface area contributed by atoms with E-state index in [1.165, 1.54) is 11.6 Å². The Bertz CT molecular complexity index is 780. The molecule has 3 rings (SSSR count). The largest absolute Gasteiger partial charge is 0.343 e. The van der Waals surface area contributed by atoms with Gasteiger partial charge in [-0.15, -0.1) is 0 Å². The van der Waals surface area contributed by atoms with Crippen LogP contribution in [0.1, 0.15) is 11.1 Å². The molecule has 0 aliphatic rings. The number of fused-ring (bicyclic) bond motifs is 1. The van der Waals surface area contributed by atoms with Gasteiger partial charge < -0.3 is 10.3 Å². The average Bonchev–Trinajstić information content (AvgIpc) is 2.79. The van der Waals surface area contributed by atoms with E-state index in [1.807, 2.05) is 35.0 Å². The van der Waals surface area contributed by atoms with Crippen molar-refractivity contribution >= 4 is 22.5 Å². The van der Waals surface area contributed by atoms with E-state index in [0.717, 1.165) is 17.3 Å². The van der Waals surface area contributed by atoms with Gasteiger partial charge in [0.05, 0.1) is 12.1 Å². The molecule has 4 heteroatoms. The summed E-state index contributed by atoms with van der Waals surface area (Å²) in [4.78, 5) is 0. The van der Waals surface area contributed by atoms with Crippen LogP contribution in [0.4, 0.5) is 4.39 Å². The molecule has 0 amide bonds. The number of rotatable bonds is 4. The van der Waals surface area contributed by atoms with Gasteiger partial charge in [-0.2, -0.15) is 0 Å². The molecule has 0 radical (unpaired) electrons.